The lowest BCUT2D eigenvalue weighted by molar-refractivity contribution is -0.141. The molecule has 1 unspecified atom stereocenters. The first kappa shape index (κ1) is 18.5. The van der Waals surface area contributed by atoms with E-state index in [4.69, 9.17) is 4.74 Å². The third kappa shape index (κ3) is 4.48. The summed E-state index contributed by atoms with van der Waals surface area (Å²) in [5.74, 6) is -0.919. The molecule has 1 aromatic carbocycles. The van der Waals surface area contributed by atoms with Crippen LogP contribution in [0.15, 0.2) is 64.8 Å². The molecule has 3 aromatic rings. The molecule has 1 atom stereocenters. The minimum atomic E-state index is -0.538. The van der Waals surface area contributed by atoms with Crippen molar-refractivity contribution < 1.29 is 14.3 Å². The van der Waals surface area contributed by atoms with E-state index in [1.165, 1.54) is 30.6 Å². The summed E-state index contributed by atoms with van der Waals surface area (Å²) in [5.41, 5.74) is 0.286. The number of para-hydroxylation sites is 1. The standard InChI is InChI=1S/C19H17N3O4S/c1-26-18(24)12-15(16-8-5-11-27-16)20-19(25)14-9-10-17(23)22(21-14)13-6-3-2-4-7-13/h2-11,15H,12H2,1H3,(H,20,25). The third-order valence-electron chi connectivity index (χ3n) is 3.82. The number of nitrogens with zero attached hydrogens (tertiary/aromatic N) is 2. The highest BCUT2D eigenvalue weighted by Crippen LogP contribution is 2.22. The Hall–Kier alpha value is -3.26. The van der Waals surface area contributed by atoms with Gasteiger partial charge in [-0.1, -0.05) is 24.3 Å². The van der Waals surface area contributed by atoms with Gasteiger partial charge in [0.25, 0.3) is 11.5 Å². The molecule has 0 bridgehead atoms. The maximum atomic E-state index is 12.7. The normalized spacial score (nSPS) is 11.6. The molecule has 0 radical (unpaired) electrons. The van der Waals surface area contributed by atoms with E-state index in [2.05, 4.69) is 10.4 Å². The monoisotopic (exact) mass is 383 g/mol. The van der Waals surface area contributed by atoms with Crippen molar-refractivity contribution in [3.63, 3.8) is 0 Å². The number of nitrogens with one attached hydrogen (secondary N) is 1. The van der Waals surface area contributed by atoms with Crippen molar-refractivity contribution in [1.82, 2.24) is 15.1 Å². The summed E-state index contributed by atoms with van der Waals surface area (Å²) in [6.07, 6.45) is 0.00107. The predicted octanol–water partition coefficient (Wildman–Crippen LogP) is 2.33. The number of methoxy groups -OCH3 is 1. The lowest BCUT2D eigenvalue weighted by Gasteiger charge is -2.16. The molecule has 1 amide bonds. The molecule has 0 aliphatic carbocycles. The molecule has 0 aliphatic rings. The van der Waals surface area contributed by atoms with E-state index < -0.39 is 17.9 Å². The van der Waals surface area contributed by atoms with E-state index in [1.54, 1.807) is 24.3 Å². The van der Waals surface area contributed by atoms with E-state index in [-0.39, 0.29) is 17.7 Å². The van der Waals surface area contributed by atoms with Gasteiger partial charge in [-0.15, -0.1) is 11.3 Å². The zero-order chi connectivity index (χ0) is 19.2. The van der Waals surface area contributed by atoms with Crippen molar-refractivity contribution in [2.75, 3.05) is 7.11 Å². The summed E-state index contributed by atoms with van der Waals surface area (Å²) in [6, 6.07) is 14.6. The highest BCUT2D eigenvalue weighted by atomic mass is 32.1. The number of hydrogen-bond acceptors (Lipinski definition) is 6. The average molecular weight is 383 g/mol. The van der Waals surface area contributed by atoms with Gasteiger partial charge in [0.2, 0.25) is 0 Å². The zero-order valence-corrected chi connectivity index (χ0v) is 15.3. The van der Waals surface area contributed by atoms with Crippen LogP contribution in [-0.2, 0) is 9.53 Å². The van der Waals surface area contributed by atoms with Crippen LogP contribution < -0.4 is 10.9 Å². The quantitative estimate of drug-likeness (QED) is 0.660. The van der Waals surface area contributed by atoms with Gasteiger partial charge < -0.3 is 10.1 Å². The number of hydrogen-bond donors (Lipinski definition) is 1. The van der Waals surface area contributed by atoms with Crippen molar-refractivity contribution in [3.8, 4) is 5.69 Å². The van der Waals surface area contributed by atoms with Crippen molar-refractivity contribution in [3.05, 3.63) is 80.9 Å². The lowest BCUT2D eigenvalue weighted by atomic mass is 10.1. The first-order valence-corrected chi connectivity index (χ1v) is 9.03. The van der Waals surface area contributed by atoms with Gasteiger partial charge in [-0.3, -0.25) is 14.4 Å². The number of benzene rings is 1. The molecule has 3 rings (SSSR count). The second-order valence-electron chi connectivity index (χ2n) is 5.63. The Morgan fingerprint density at radius 1 is 1.15 bits per heavy atom. The fourth-order valence-corrected chi connectivity index (χ4v) is 3.26. The van der Waals surface area contributed by atoms with Crippen molar-refractivity contribution >= 4 is 23.2 Å². The van der Waals surface area contributed by atoms with Crippen molar-refractivity contribution in [2.24, 2.45) is 0 Å². The summed E-state index contributed by atoms with van der Waals surface area (Å²) >= 11 is 1.43. The number of thiophene rings is 1. The van der Waals surface area contributed by atoms with Gasteiger partial charge in [0.05, 0.1) is 25.3 Å². The number of aromatic nitrogens is 2. The van der Waals surface area contributed by atoms with Crippen LogP contribution in [0.25, 0.3) is 5.69 Å². The number of amides is 1. The van der Waals surface area contributed by atoms with Gasteiger partial charge in [-0.25, -0.2) is 0 Å². The van der Waals surface area contributed by atoms with E-state index in [0.29, 0.717) is 5.69 Å². The van der Waals surface area contributed by atoms with Crippen molar-refractivity contribution in [1.29, 1.82) is 0 Å². The maximum absolute atomic E-state index is 12.7. The minimum absolute atomic E-state index is 0.00107. The van der Waals surface area contributed by atoms with Crippen LogP contribution in [-0.4, -0.2) is 28.8 Å². The SMILES string of the molecule is COC(=O)CC(NC(=O)c1ccc(=O)n(-c2ccccc2)n1)c1cccs1. The summed E-state index contributed by atoms with van der Waals surface area (Å²) in [4.78, 5) is 37.3. The van der Waals surface area contributed by atoms with E-state index in [9.17, 15) is 14.4 Å². The zero-order valence-electron chi connectivity index (χ0n) is 14.5. The molecule has 0 saturated heterocycles. The molecular formula is C19H17N3O4S. The van der Waals surface area contributed by atoms with Crippen LogP contribution in [0.1, 0.15) is 27.8 Å². The summed E-state index contributed by atoms with van der Waals surface area (Å²) in [5, 5.41) is 8.81. The molecule has 1 N–H and O–H groups in total. The number of rotatable bonds is 6. The van der Waals surface area contributed by atoms with Gasteiger partial charge in [-0.05, 0) is 29.6 Å². The van der Waals surface area contributed by atoms with Gasteiger partial charge >= 0.3 is 5.97 Å². The Morgan fingerprint density at radius 3 is 2.59 bits per heavy atom. The Morgan fingerprint density at radius 2 is 1.93 bits per heavy atom. The second kappa shape index (κ2) is 8.41. The summed E-state index contributed by atoms with van der Waals surface area (Å²) < 4.78 is 5.87. The number of esters is 1. The van der Waals surface area contributed by atoms with Crippen LogP contribution in [0.3, 0.4) is 0 Å². The Bertz CT molecular complexity index is 984. The molecular weight excluding hydrogens is 366 g/mol. The molecule has 0 saturated carbocycles. The average Bonchev–Trinajstić information content (AvgIpc) is 3.23. The van der Waals surface area contributed by atoms with Crippen LogP contribution in [0.5, 0.6) is 0 Å². The van der Waals surface area contributed by atoms with Crippen LogP contribution in [0, 0.1) is 0 Å². The minimum Gasteiger partial charge on any atom is -0.469 e. The third-order valence-corrected chi connectivity index (χ3v) is 4.81. The van der Waals surface area contributed by atoms with Gasteiger partial charge in [-0.2, -0.15) is 9.78 Å². The van der Waals surface area contributed by atoms with E-state index in [1.807, 2.05) is 23.6 Å². The molecule has 2 aromatic heterocycles. The second-order valence-corrected chi connectivity index (χ2v) is 6.61. The maximum Gasteiger partial charge on any atom is 0.307 e. The van der Waals surface area contributed by atoms with Gasteiger partial charge in [0, 0.05) is 10.9 Å². The van der Waals surface area contributed by atoms with Crippen LogP contribution in [0.2, 0.25) is 0 Å². The Balaban J connectivity index is 1.86. The lowest BCUT2D eigenvalue weighted by Crippen LogP contribution is -2.32. The van der Waals surface area contributed by atoms with E-state index >= 15 is 0 Å². The fourth-order valence-electron chi connectivity index (χ4n) is 2.48. The summed E-state index contributed by atoms with van der Waals surface area (Å²) in [6.45, 7) is 0. The largest absolute Gasteiger partial charge is 0.469 e. The molecule has 7 nitrogen and oxygen atoms in total. The molecule has 0 fully saturated rings. The molecule has 0 spiro atoms. The van der Waals surface area contributed by atoms with Crippen LogP contribution in [0.4, 0.5) is 0 Å². The highest BCUT2D eigenvalue weighted by molar-refractivity contribution is 7.10. The number of ether oxygens (including phenoxy) is 1. The Kier molecular flexibility index (Phi) is 5.77. The first-order chi connectivity index (χ1) is 13.1. The predicted molar refractivity (Wildman–Crippen MR) is 101 cm³/mol. The molecule has 2 heterocycles. The molecule has 138 valence electrons. The Labute approximate surface area is 159 Å². The summed E-state index contributed by atoms with van der Waals surface area (Å²) in [7, 11) is 1.30. The molecule has 8 heteroatoms. The first-order valence-electron chi connectivity index (χ1n) is 8.15. The van der Waals surface area contributed by atoms with Crippen molar-refractivity contribution in [2.45, 2.75) is 12.5 Å². The number of carbonyl (C=O) groups excluding carboxylic acids is 2. The van der Waals surface area contributed by atoms with E-state index in [0.717, 1.165) is 9.56 Å². The van der Waals surface area contributed by atoms with Gasteiger partial charge in [0.15, 0.2) is 0 Å². The van der Waals surface area contributed by atoms with Crippen LogP contribution >= 0.6 is 11.3 Å². The topological polar surface area (TPSA) is 90.3 Å². The van der Waals surface area contributed by atoms with Gasteiger partial charge in [0.1, 0.15) is 5.69 Å². The smallest absolute Gasteiger partial charge is 0.307 e. The fraction of sp³-hybridized carbons (Fsp3) is 0.158. The molecule has 27 heavy (non-hydrogen) atoms. The number of carbonyl (C=O) groups is 2. The highest BCUT2D eigenvalue weighted by Gasteiger charge is 2.21. The molecule has 0 aliphatic heterocycles.